The van der Waals surface area contributed by atoms with E-state index >= 15 is 0 Å². The van der Waals surface area contributed by atoms with E-state index in [9.17, 15) is 4.79 Å². The number of aromatic nitrogens is 1. The van der Waals surface area contributed by atoms with Crippen molar-refractivity contribution in [1.29, 1.82) is 0 Å². The van der Waals surface area contributed by atoms with Gasteiger partial charge in [0.1, 0.15) is 5.69 Å². The van der Waals surface area contributed by atoms with Crippen molar-refractivity contribution in [3.05, 3.63) is 65.5 Å². The number of benzene rings is 1. The summed E-state index contributed by atoms with van der Waals surface area (Å²) in [5, 5.41) is 0. The van der Waals surface area contributed by atoms with Gasteiger partial charge in [0, 0.05) is 43.2 Å². The SMILES string of the molecule is CC(C)N(C)[C@H]1c2ccccc2[C@@H]2CN(C(=O)c3ccccn3)C[C@@H]21. The summed E-state index contributed by atoms with van der Waals surface area (Å²) < 4.78 is 0. The molecule has 1 aromatic carbocycles. The van der Waals surface area contributed by atoms with Gasteiger partial charge in [0.25, 0.3) is 5.91 Å². The smallest absolute Gasteiger partial charge is 0.272 e. The van der Waals surface area contributed by atoms with Crippen LogP contribution in [0.1, 0.15) is 47.4 Å². The van der Waals surface area contributed by atoms with Gasteiger partial charge in [0.15, 0.2) is 0 Å². The summed E-state index contributed by atoms with van der Waals surface area (Å²) >= 11 is 0. The van der Waals surface area contributed by atoms with Crippen LogP contribution in [0.15, 0.2) is 48.7 Å². The first-order chi connectivity index (χ1) is 12.1. The largest absolute Gasteiger partial charge is 0.336 e. The van der Waals surface area contributed by atoms with E-state index in [1.54, 1.807) is 6.20 Å². The Balaban J connectivity index is 1.65. The molecule has 4 heteroatoms. The predicted molar refractivity (Wildman–Crippen MR) is 98.5 cm³/mol. The first-order valence-corrected chi connectivity index (χ1v) is 9.09. The van der Waals surface area contributed by atoms with Crippen LogP contribution in [-0.2, 0) is 0 Å². The highest BCUT2D eigenvalue weighted by Gasteiger charge is 2.48. The molecule has 0 N–H and O–H groups in total. The maximum Gasteiger partial charge on any atom is 0.272 e. The molecule has 2 aromatic rings. The first kappa shape index (κ1) is 16.3. The predicted octanol–water partition coefficient (Wildman–Crippen LogP) is 3.33. The molecule has 1 aliphatic carbocycles. The van der Waals surface area contributed by atoms with Crippen LogP contribution in [0.25, 0.3) is 0 Å². The van der Waals surface area contributed by atoms with Crippen molar-refractivity contribution in [2.45, 2.75) is 31.8 Å². The van der Waals surface area contributed by atoms with Gasteiger partial charge >= 0.3 is 0 Å². The van der Waals surface area contributed by atoms with E-state index in [1.807, 2.05) is 23.1 Å². The lowest BCUT2D eigenvalue weighted by molar-refractivity contribution is 0.0763. The molecule has 1 aliphatic heterocycles. The molecule has 25 heavy (non-hydrogen) atoms. The molecule has 3 atom stereocenters. The van der Waals surface area contributed by atoms with Gasteiger partial charge in [0.05, 0.1) is 0 Å². The summed E-state index contributed by atoms with van der Waals surface area (Å²) in [6, 6.07) is 15.1. The molecule has 1 amide bonds. The third-order valence-corrected chi connectivity index (χ3v) is 5.91. The fourth-order valence-electron chi connectivity index (χ4n) is 4.49. The summed E-state index contributed by atoms with van der Waals surface area (Å²) in [6.07, 6.45) is 1.69. The Morgan fingerprint density at radius 1 is 1.12 bits per heavy atom. The van der Waals surface area contributed by atoms with Crippen LogP contribution in [0, 0.1) is 5.92 Å². The molecule has 0 radical (unpaired) electrons. The molecule has 1 aromatic heterocycles. The highest BCUT2D eigenvalue weighted by molar-refractivity contribution is 5.92. The number of hydrogen-bond acceptors (Lipinski definition) is 3. The monoisotopic (exact) mass is 335 g/mol. The minimum Gasteiger partial charge on any atom is -0.336 e. The van der Waals surface area contributed by atoms with Gasteiger partial charge in [0.2, 0.25) is 0 Å². The second-order valence-electron chi connectivity index (χ2n) is 7.53. The Bertz CT molecular complexity index is 774. The van der Waals surface area contributed by atoms with Gasteiger partial charge in [-0.3, -0.25) is 14.7 Å². The second-order valence-corrected chi connectivity index (χ2v) is 7.53. The lowest BCUT2D eigenvalue weighted by Gasteiger charge is -2.33. The van der Waals surface area contributed by atoms with Gasteiger partial charge in [-0.15, -0.1) is 0 Å². The molecule has 0 bridgehead atoms. The first-order valence-electron chi connectivity index (χ1n) is 9.09. The van der Waals surface area contributed by atoms with Crippen molar-refractivity contribution >= 4 is 5.91 Å². The van der Waals surface area contributed by atoms with Crippen LogP contribution >= 0.6 is 0 Å². The number of hydrogen-bond donors (Lipinski definition) is 0. The Morgan fingerprint density at radius 3 is 2.52 bits per heavy atom. The minimum absolute atomic E-state index is 0.0541. The summed E-state index contributed by atoms with van der Waals surface area (Å²) in [4.78, 5) is 21.5. The average Bonchev–Trinajstić information content (AvgIpc) is 3.18. The normalized spacial score (nSPS) is 24.7. The Kier molecular flexibility index (Phi) is 4.08. The highest BCUT2D eigenvalue weighted by atomic mass is 16.2. The van der Waals surface area contributed by atoms with E-state index in [1.165, 1.54) is 11.1 Å². The lowest BCUT2D eigenvalue weighted by atomic mass is 9.93. The Hall–Kier alpha value is -2.20. The fraction of sp³-hybridized carbons (Fsp3) is 0.429. The standard InChI is InChI=1S/C21H25N3O/c1-14(2)23(3)20-16-9-5-4-8-15(16)17-12-24(13-18(17)20)21(25)19-10-6-7-11-22-19/h4-11,14,17-18,20H,12-13H2,1-3H3/t17-,18-,20-/m0/s1. The van der Waals surface area contributed by atoms with Crippen molar-refractivity contribution in [3.63, 3.8) is 0 Å². The van der Waals surface area contributed by atoms with E-state index in [-0.39, 0.29) is 5.91 Å². The van der Waals surface area contributed by atoms with Crippen LogP contribution in [0.3, 0.4) is 0 Å². The van der Waals surface area contributed by atoms with Crippen LogP contribution in [0.4, 0.5) is 0 Å². The molecule has 1 fully saturated rings. The number of rotatable bonds is 3. The van der Waals surface area contributed by atoms with Gasteiger partial charge in [-0.05, 0) is 44.2 Å². The van der Waals surface area contributed by atoms with E-state index in [0.717, 1.165) is 13.1 Å². The molecule has 1 saturated heterocycles. The number of carbonyl (C=O) groups excluding carboxylic acids is 1. The zero-order valence-corrected chi connectivity index (χ0v) is 15.1. The molecule has 2 aliphatic rings. The molecular formula is C21H25N3O. The van der Waals surface area contributed by atoms with E-state index in [4.69, 9.17) is 0 Å². The van der Waals surface area contributed by atoms with Gasteiger partial charge < -0.3 is 4.90 Å². The molecule has 0 unspecified atom stereocenters. The van der Waals surface area contributed by atoms with Crippen molar-refractivity contribution in [3.8, 4) is 0 Å². The Morgan fingerprint density at radius 2 is 1.84 bits per heavy atom. The number of likely N-dealkylation sites (tertiary alicyclic amines) is 1. The van der Waals surface area contributed by atoms with Crippen molar-refractivity contribution in [2.75, 3.05) is 20.1 Å². The maximum atomic E-state index is 12.9. The van der Waals surface area contributed by atoms with Crippen LogP contribution in [-0.4, -0.2) is 46.9 Å². The van der Waals surface area contributed by atoms with Gasteiger partial charge in [-0.1, -0.05) is 30.3 Å². The molecular weight excluding hydrogens is 310 g/mol. The zero-order chi connectivity index (χ0) is 17.6. The number of carbonyl (C=O) groups is 1. The number of amides is 1. The minimum atomic E-state index is 0.0541. The number of pyridine rings is 1. The van der Waals surface area contributed by atoms with Crippen LogP contribution in [0.5, 0.6) is 0 Å². The zero-order valence-electron chi connectivity index (χ0n) is 15.1. The molecule has 2 heterocycles. The topological polar surface area (TPSA) is 36.4 Å². The third-order valence-electron chi connectivity index (χ3n) is 5.91. The summed E-state index contributed by atoms with van der Waals surface area (Å²) in [7, 11) is 2.21. The van der Waals surface area contributed by atoms with Crippen LogP contribution in [0.2, 0.25) is 0 Å². The molecule has 130 valence electrons. The molecule has 4 rings (SSSR count). The van der Waals surface area contributed by atoms with Crippen molar-refractivity contribution < 1.29 is 4.79 Å². The molecule has 0 saturated carbocycles. The van der Waals surface area contributed by atoms with Crippen LogP contribution < -0.4 is 0 Å². The summed E-state index contributed by atoms with van der Waals surface area (Å²) in [6.45, 7) is 6.07. The van der Waals surface area contributed by atoms with E-state index < -0.39 is 0 Å². The van der Waals surface area contributed by atoms with E-state index in [0.29, 0.717) is 29.6 Å². The molecule has 4 nitrogen and oxygen atoms in total. The average molecular weight is 335 g/mol. The lowest BCUT2D eigenvalue weighted by Crippen LogP contribution is -2.36. The van der Waals surface area contributed by atoms with Crippen molar-refractivity contribution in [2.24, 2.45) is 5.92 Å². The Labute approximate surface area is 149 Å². The highest BCUT2D eigenvalue weighted by Crippen LogP contribution is 2.51. The molecule has 0 spiro atoms. The summed E-state index contributed by atoms with van der Waals surface area (Å²) in [5.74, 6) is 0.936. The van der Waals surface area contributed by atoms with E-state index in [2.05, 4.69) is 55.0 Å². The van der Waals surface area contributed by atoms with Gasteiger partial charge in [-0.2, -0.15) is 0 Å². The number of fused-ring (bicyclic) bond motifs is 3. The maximum absolute atomic E-state index is 12.9. The summed E-state index contributed by atoms with van der Waals surface area (Å²) in [5.41, 5.74) is 3.41. The quantitative estimate of drug-likeness (QED) is 0.863. The van der Waals surface area contributed by atoms with Gasteiger partial charge in [-0.25, -0.2) is 0 Å². The fourth-order valence-corrected chi connectivity index (χ4v) is 4.49. The van der Waals surface area contributed by atoms with Crippen molar-refractivity contribution in [1.82, 2.24) is 14.8 Å². The number of nitrogens with zero attached hydrogens (tertiary/aromatic N) is 3. The third kappa shape index (κ3) is 2.65. The second kappa shape index (κ2) is 6.26.